The maximum Gasteiger partial charge on any atom is 0.352 e. The van der Waals surface area contributed by atoms with Crippen molar-refractivity contribution in [2.75, 3.05) is 12.3 Å². The molecule has 2 N–H and O–H groups in total. The molecular weight excluding hydrogens is 499 g/mol. The highest BCUT2D eigenvalue weighted by atomic mass is 79.9. The normalized spacial score (nSPS) is 11.6. The van der Waals surface area contributed by atoms with E-state index in [0.29, 0.717) is 22.4 Å². The Hall–Kier alpha value is -3.71. The zero-order chi connectivity index (χ0) is 24.1. The lowest BCUT2D eigenvalue weighted by Crippen LogP contribution is -2.22. The molecule has 1 unspecified atom stereocenters. The van der Waals surface area contributed by atoms with Crippen LogP contribution in [0, 0.1) is 5.82 Å². The fourth-order valence-electron chi connectivity index (χ4n) is 3.51. The molecule has 0 aliphatic carbocycles. The van der Waals surface area contributed by atoms with Crippen molar-refractivity contribution in [3.63, 3.8) is 0 Å². The van der Waals surface area contributed by atoms with Crippen LogP contribution in [-0.2, 0) is 9.53 Å². The SMILES string of the molecule is CCOC(=O)C(Oc1nc(-c2ccccc2Br)cc(-c2ccc(F)cc2)c1N)c1ccccc1. The fourth-order valence-corrected chi connectivity index (χ4v) is 3.99. The summed E-state index contributed by atoms with van der Waals surface area (Å²) in [5.74, 6) is -0.829. The van der Waals surface area contributed by atoms with Crippen LogP contribution in [0.5, 0.6) is 5.88 Å². The number of nitrogens with zero attached hydrogens (tertiary/aromatic N) is 1. The van der Waals surface area contributed by atoms with Crippen LogP contribution in [-0.4, -0.2) is 17.6 Å². The van der Waals surface area contributed by atoms with Gasteiger partial charge in [0.15, 0.2) is 0 Å². The second-order valence-electron chi connectivity index (χ2n) is 7.42. The number of rotatable bonds is 7. The van der Waals surface area contributed by atoms with E-state index in [2.05, 4.69) is 20.9 Å². The molecule has 0 saturated heterocycles. The van der Waals surface area contributed by atoms with E-state index in [9.17, 15) is 9.18 Å². The van der Waals surface area contributed by atoms with Crippen molar-refractivity contribution in [2.24, 2.45) is 0 Å². The number of benzene rings is 3. The van der Waals surface area contributed by atoms with Gasteiger partial charge in [0.2, 0.25) is 12.0 Å². The standard InChI is InChI=1S/C27H22BrFN2O3/c1-2-33-27(32)25(18-8-4-3-5-9-18)34-26-24(30)21(17-12-14-19(29)15-13-17)16-23(31-26)20-10-6-7-11-22(20)28/h3-16,25H,2,30H2,1H3. The smallest absolute Gasteiger partial charge is 0.352 e. The topological polar surface area (TPSA) is 74.4 Å². The Bertz CT molecular complexity index is 1300. The van der Waals surface area contributed by atoms with Gasteiger partial charge in [-0.3, -0.25) is 0 Å². The van der Waals surface area contributed by atoms with Crippen molar-refractivity contribution in [3.8, 4) is 28.3 Å². The largest absolute Gasteiger partial charge is 0.463 e. The van der Waals surface area contributed by atoms with Gasteiger partial charge in [0.25, 0.3) is 0 Å². The number of anilines is 1. The molecule has 0 bridgehead atoms. The molecule has 1 aromatic heterocycles. The predicted octanol–water partition coefficient (Wildman–Crippen LogP) is 6.58. The average molecular weight is 521 g/mol. The van der Waals surface area contributed by atoms with Crippen LogP contribution in [0.15, 0.2) is 89.4 Å². The van der Waals surface area contributed by atoms with E-state index >= 15 is 0 Å². The first-order chi connectivity index (χ1) is 16.5. The number of nitrogen functional groups attached to an aromatic ring is 1. The Morgan fingerprint density at radius 3 is 2.35 bits per heavy atom. The summed E-state index contributed by atoms with van der Waals surface area (Å²) < 4.78 is 25.8. The minimum absolute atomic E-state index is 0.0782. The molecule has 0 saturated carbocycles. The van der Waals surface area contributed by atoms with Crippen LogP contribution in [0.4, 0.5) is 10.1 Å². The van der Waals surface area contributed by atoms with Gasteiger partial charge < -0.3 is 15.2 Å². The van der Waals surface area contributed by atoms with E-state index in [0.717, 1.165) is 10.0 Å². The molecule has 172 valence electrons. The maximum atomic E-state index is 13.6. The van der Waals surface area contributed by atoms with Crippen molar-refractivity contribution in [2.45, 2.75) is 13.0 Å². The molecular formula is C27H22BrFN2O3. The summed E-state index contributed by atoms with van der Waals surface area (Å²) in [5.41, 5.74) is 10.0. The molecule has 1 heterocycles. The zero-order valence-corrected chi connectivity index (χ0v) is 20.0. The lowest BCUT2D eigenvalue weighted by molar-refractivity contribution is -0.151. The number of carbonyl (C=O) groups excluding carboxylic acids is 1. The van der Waals surface area contributed by atoms with Crippen molar-refractivity contribution in [1.82, 2.24) is 4.98 Å². The van der Waals surface area contributed by atoms with Crippen LogP contribution in [0.2, 0.25) is 0 Å². The number of hydrogen-bond acceptors (Lipinski definition) is 5. The van der Waals surface area contributed by atoms with Crippen molar-refractivity contribution in [3.05, 3.63) is 101 Å². The van der Waals surface area contributed by atoms with E-state index in [1.165, 1.54) is 12.1 Å². The third-order valence-electron chi connectivity index (χ3n) is 5.16. The number of carbonyl (C=O) groups is 1. The minimum atomic E-state index is -1.06. The Balaban J connectivity index is 1.87. The van der Waals surface area contributed by atoms with Crippen LogP contribution in [0.25, 0.3) is 22.4 Å². The van der Waals surface area contributed by atoms with Crippen LogP contribution < -0.4 is 10.5 Å². The quantitative estimate of drug-likeness (QED) is 0.278. The molecule has 4 rings (SSSR count). The monoisotopic (exact) mass is 520 g/mol. The molecule has 0 aliphatic rings. The number of esters is 1. The number of hydrogen-bond donors (Lipinski definition) is 1. The third kappa shape index (κ3) is 5.10. The van der Waals surface area contributed by atoms with Crippen molar-refractivity contribution < 1.29 is 18.7 Å². The molecule has 4 aromatic rings. The Labute approximate surface area is 205 Å². The van der Waals surface area contributed by atoms with Crippen molar-refractivity contribution >= 4 is 27.6 Å². The molecule has 0 spiro atoms. The molecule has 0 aliphatic heterocycles. The molecule has 0 amide bonds. The van der Waals surface area contributed by atoms with Gasteiger partial charge in [0, 0.05) is 21.2 Å². The van der Waals surface area contributed by atoms with Crippen LogP contribution in [0.3, 0.4) is 0 Å². The first-order valence-electron chi connectivity index (χ1n) is 10.7. The van der Waals surface area contributed by atoms with Gasteiger partial charge in [-0.05, 0) is 36.8 Å². The summed E-state index contributed by atoms with van der Waals surface area (Å²) in [5, 5.41) is 0. The van der Waals surface area contributed by atoms with E-state index in [1.54, 1.807) is 31.2 Å². The second-order valence-corrected chi connectivity index (χ2v) is 8.28. The highest BCUT2D eigenvalue weighted by Gasteiger charge is 2.27. The Kier molecular flexibility index (Phi) is 7.23. The number of nitrogens with two attached hydrogens (primary N) is 1. The van der Waals surface area contributed by atoms with Gasteiger partial charge in [0.1, 0.15) is 11.5 Å². The van der Waals surface area contributed by atoms with Gasteiger partial charge >= 0.3 is 5.97 Å². The lowest BCUT2D eigenvalue weighted by Gasteiger charge is -2.20. The average Bonchev–Trinajstić information content (AvgIpc) is 2.85. The summed E-state index contributed by atoms with van der Waals surface area (Å²) in [6.45, 7) is 1.93. The number of ether oxygens (including phenoxy) is 2. The van der Waals surface area contributed by atoms with E-state index in [4.69, 9.17) is 15.2 Å². The minimum Gasteiger partial charge on any atom is -0.463 e. The van der Waals surface area contributed by atoms with Gasteiger partial charge in [-0.25, -0.2) is 14.2 Å². The van der Waals surface area contributed by atoms with Gasteiger partial charge in [-0.2, -0.15) is 0 Å². The molecule has 3 aromatic carbocycles. The molecule has 5 nitrogen and oxygen atoms in total. The van der Waals surface area contributed by atoms with Gasteiger partial charge in [-0.15, -0.1) is 0 Å². The van der Waals surface area contributed by atoms with E-state index in [1.807, 2.05) is 48.5 Å². The molecule has 34 heavy (non-hydrogen) atoms. The highest BCUT2D eigenvalue weighted by molar-refractivity contribution is 9.10. The zero-order valence-electron chi connectivity index (χ0n) is 18.4. The van der Waals surface area contributed by atoms with Crippen LogP contribution in [0.1, 0.15) is 18.6 Å². The third-order valence-corrected chi connectivity index (χ3v) is 5.85. The summed E-state index contributed by atoms with van der Waals surface area (Å²) in [4.78, 5) is 17.5. The summed E-state index contributed by atoms with van der Waals surface area (Å²) in [6.07, 6.45) is -1.06. The molecule has 7 heteroatoms. The molecule has 0 radical (unpaired) electrons. The fraction of sp³-hybridized carbons (Fsp3) is 0.111. The second kappa shape index (κ2) is 10.5. The van der Waals surface area contributed by atoms with Gasteiger partial charge in [-0.1, -0.05) is 76.6 Å². The predicted molar refractivity (Wildman–Crippen MR) is 134 cm³/mol. The summed E-state index contributed by atoms with van der Waals surface area (Å²) >= 11 is 3.56. The van der Waals surface area contributed by atoms with Crippen LogP contribution >= 0.6 is 15.9 Å². The summed E-state index contributed by atoms with van der Waals surface area (Å²) in [7, 11) is 0. The Morgan fingerprint density at radius 1 is 1.00 bits per heavy atom. The first-order valence-corrected chi connectivity index (χ1v) is 11.5. The highest BCUT2D eigenvalue weighted by Crippen LogP contribution is 2.39. The first kappa shape index (κ1) is 23.4. The van der Waals surface area contributed by atoms with Crippen molar-refractivity contribution in [1.29, 1.82) is 0 Å². The van der Waals surface area contributed by atoms with Gasteiger partial charge in [0.05, 0.1) is 12.3 Å². The van der Waals surface area contributed by atoms with E-state index in [-0.39, 0.29) is 24.0 Å². The number of halogens is 2. The number of pyridine rings is 1. The number of aromatic nitrogens is 1. The lowest BCUT2D eigenvalue weighted by atomic mass is 10.0. The molecule has 0 fully saturated rings. The molecule has 1 atom stereocenters. The Morgan fingerprint density at radius 2 is 1.68 bits per heavy atom. The van der Waals surface area contributed by atoms with E-state index < -0.39 is 12.1 Å². The summed E-state index contributed by atoms with van der Waals surface area (Å²) in [6, 6.07) is 24.4. The maximum absolute atomic E-state index is 13.6.